The molecule has 1 saturated carbocycles. The minimum atomic E-state index is -4.68. The van der Waals surface area contributed by atoms with Crippen LogP contribution in [0.25, 0.3) is 11.0 Å². The Hall–Kier alpha value is -3.81. The van der Waals surface area contributed by atoms with Crippen molar-refractivity contribution in [1.82, 2.24) is 19.7 Å². The number of hydrogen-bond acceptors (Lipinski definition) is 6. The quantitative estimate of drug-likeness (QED) is 0.267. The minimum absolute atomic E-state index is 0.0749. The number of hydrogen-bond donors (Lipinski definition) is 3. The molecular formula is C25H22F5N5O3S. The molecule has 1 fully saturated rings. The van der Waals surface area contributed by atoms with Crippen molar-refractivity contribution < 1.29 is 35.2 Å². The summed E-state index contributed by atoms with van der Waals surface area (Å²) < 4.78 is 96.4. The molecule has 1 aromatic carbocycles. The van der Waals surface area contributed by atoms with Gasteiger partial charge in [-0.3, -0.25) is 9.52 Å². The van der Waals surface area contributed by atoms with Crippen molar-refractivity contribution >= 4 is 32.7 Å². The van der Waals surface area contributed by atoms with E-state index in [4.69, 9.17) is 0 Å². The van der Waals surface area contributed by atoms with E-state index < -0.39 is 56.1 Å². The average molecular weight is 568 g/mol. The van der Waals surface area contributed by atoms with Gasteiger partial charge in [0.05, 0.1) is 21.5 Å². The van der Waals surface area contributed by atoms with Crippen LogP contribution in [0.3, 0.4) is 0 Å². The molecule has 2 aliphatic carbocycles. The molecule has 0 spiro atoms. The maximum atomic E-state index is 15.6. The molecule has 39 heavy (non-hydrogen) atoms. The van der Waals surface area contributed by atoms with Gasteiger partial charge >= 0.3 is 6.18 Å². The van der Waals surface area contributed by atoms with E-state index in [1.165, 1.54) is 12.5 Å². The molecule has 8 nitrogen and oxygen atoms in total. The van der Waals surface area contributed by atoms with Crippen molar-refractivity contribution in [3.8, 4) is 0 Å². The number of halogens is 5. The number of carbonyl (C=O) groups is 1. The molecule has 3 N–H and O–H groups in total. The maximum absolute atomic E-state index is 15.6. The Labute approximate surface area is 219 Å². The van der Waals surface area contributed by atoms with Crippen LogP contribution < -0.4 is 10.0 Å². The number of nitrogens with one attached hydrogen (secondary N) is 3. The number of ketones is 1. The summed E-state index contributed by atoms with van der Waals surface area (Å²) in [7, 11) is -4.56. The van der Waals surface area contributed by atoms with E-state index >= 15 is 4.39 Å². The van der Waals surface area contributed by atoms with E-state index in [9.17, 15) is 30.8 Å². The lowest BCUT2D eigenvalue weighted by molar-refractivity contribution is -0.137. The van der Waals surface area contributed by atoms with Gasteiger partial charge in [-0.25, -0.2) is 27.2 Å². The van der Waals surface area contributed by atoms with Gasteiger partial charge in [0.15, 0.2) is 12.0 Å². The second-order valence-electron chi connectivity index (χ2n) is 9.32. The normalized spacial score (nSPS) is 20.5. The number of carbonyl (C=O) groups excluding carboxylic acids is 1. The Kier molecular flexibility index (Phi) is 6.91. The summed E-state index contributed by atoms with van der Waals surface area (Å²) in [5, 5.41) is 3.52. The average Bonchev–Trinajstić information content (AvgIpc) is 3.56. The molecule has 0 aliphatic heterocycles. The Morgan fingerprint density at radius 3 is 2.41 bits per heavy atom. The van der Waals surface area contributed by atoms with Gasteiger partial charge in [0.25, 0.3) is 10.0 Å². The molecule has 206 valence electrons. The summed E-state index contributed by atoms with van der Waals surface area (Å²) in [6.45, 7) is 0. The Balaban J connectivity index is 1.41. The first-order valence-electron chi connectivity index (χ1n) is 12.0. The zero-order chi connectivity index (χ0) is 27.9. The van der Waals surface area contributed by atoms with Gasteiger partial charge in [0.2, 0.25) is 0 Å². The van der Waals surface area contributed by atoms with E-state index in [1.807, 2.05) is 4.72 Å². The van der Waals surface area contributed by atoms with E-state index in [1.54, 1.807) is 0 Å². The third-order valence-electron chi connectivity index (χ3n) is 6.77. The van der Waals surface area contributed by atoms with Gasteiger partial charge < -0.3 is 10.3 Å². The van der Waals surface area contributed by atoms with Crippen LogP contribution in [0.5, 0.6) is 0 Å². The summed E-state index contributed by atoms with van der Waals surface area (Å²) >= 11 is 0. The molecular weight excluding hydrogens is 545 g/mol. The fraction of sp³-hybridized carbons (Fsp3) is 0.320. The fourth-order valence-electron chi connectivity index (χ4n) is 4.77. The van der Waals surface area contributed by atoms with Gasteiger partial charge in [0, 0.05) is 17.8 Å². The lowest BCUT2D eigenvalue weighted by atomic mass is 9.87. The predicted octanol–water partition coefficient (Wildman–Crippen LogP) is 5.20. The second-order valence-corrected chi connectivity index (χ2v) is 11.0. The summed E-state index contributed by atoms with van der Waals surface area (Å²) in [4.78, 5) is 24.0. The predicted molar refractivity (Wildman–Crippen MR) is 132 cm³/mol. The number of fused-ring (bicyclic) bond motifs is 1. The Bertz CT molecular complexity index is 1580. The smallest absolute Gasteiger partial charge is 0.367 e. The van der Waals surface area contributed by atoms with Crippen molar-refractivity contribution in [2.24, 2.45) is 5.92 Å². The van der Waals surface area contributed by atoms with Crippen LogP contribution >= 0.6 is 0 Å². The number of H-pyrrole nitrogens is 1. The highest BCUT2D eigenvalue weighted by Gasteiger charge is 2.40. The minimum Gasteiger partial charge on any atom is -0.367 e. The lowest BCUT2D eigenvalue weighted by Crippen LogP contribution is -2.37. The van der Waals surface area contributed by atoms with E-state index in [-0.39, 0.29) is 22.6 Å². The molecule has 2 aromatic heterocycles. The van der Waals surface area contributed by atoms with Crippen LogP contribution in [0.1, 0.15) is 41.6 Å². The summed E-state index contributed by atoms with van der Waals surface area (Å²) in [5.41, 5.74) is -1.51. The number of allylic oxidation sites excluding steroid dienone is 4. The Morgan fingerprint density at radius 1 is 1.05 bits per heavy atom. The molecule has 2 atom stereocenters. The zero-order valence-electron chi connectivity index (χ0n) is 20.1. The van der Waals surface area contributed by atoms with Crippen molar-refractivity contribution in [2.45, 2.75) is 49.0 Å². The van der Waals surface area contributed by atoms with Gasteiger partial charge in [-0.2, -0.15) is 13.2 Å². The zero-order valence-corrected chi connectivity index (χ0v) is 20.9. The van der Waals surface area contributed by atoms with E-state index in [0.717, 1.165) is 37.8 Å². The molecule has 2 heterocycles. The van der Waals surface area contributed by atoms with Gasteiger partial charge in [0.1, 0.15) is 29.5 Å². The van der Waals surface area contributed by atoms with Gasteiger partial charge in [-0.1, -0.05) is 12.8 Å². The standard InChI is InChI=1S/C25H22F5N5O3S/c26-17-9-10-18(35-39(37,38)15-7-5-13(6-8-15)25(28,29)30)21(27)20(17)22(36)16-11-31-23-19(16)24(33-12-32-23)34-14-3-1-2-4-14/h5-12,14,20-21,35H,1-4H2,(H2,31,32,33,34). The lowest BCUT2D eigenvalue weighted by Gasteiger charge is -2.25. The topological polar surface area (TPSA) is 117 Å². The molecule has 0 saturated heterocycles. The SMILES string of the molecule is O=C(c1c[nH]c2ncnc(NC3CCCC3)c12)C1C(F)=CC=C(NS(=O)(=O)c2ccc(C(F)(F)F)cc2)C1F. The molecule has 2 unspecified atom stereocenters. The molecule has 14 heteroatoms. The molecule has 3 aromatic rings. The highest BCUT2D eigenvalue weighted by atomic mass is 32.2. The third kappa shape index (κ3) is 5.24. The van der Waals surface area contributed by atoms with Gasteiger partial charge in [-0.15, -0.1) is 0 Å². The number of rotatable bonds is 7. The largest absolute Gasteiger partial charge is 0.416 e. The Morgan fingerprint density at radius 2 is 1.74 bits per heavy atom. The number of aromatic amines is 1. The monoisotopic (exact) mass is 567 g/mol. The van der Waals surface area contributed by atoms with E-state index in [2.05, 4.69) is 20.3 Å². The number of aromatic nitrogens is 3. The van der Waals surface area contributed by atoms with Crippen molar-refractivity contribution in [2.75, 3.05) is 5.32 Å². The van der Waals surface area contributed by atoms with Crippen LogP contribution in [0.15, 0.2) is 65.4 Å². The first kappa shape index (κ1) is 26.8. The van der Waals surface area contributed by atoms with Crippen molar-refractivity contribution in [3.05, 3.63) is 71.6 Å². The van der Waals surface area contributed by atoms with Crippen LogP contribution in [-0.4, -0.2) is 41.4 Å². The van der Waals surface area contributed by atoms with Crippen LogP contribution in [0.4, 0.5) is 27.8 Å². The van der Waals surface area contributed by atoms with E-state index in [0.29, 0.717) is 30.1 Å². The second kappa shape index (κ2) is 10.1. The maximum Gasteiger partial charge on any atom is 0.416 e. The first-order chi connectivity index (χ1) is 18.5. The molecule has 0 amide bonds. The molecule has 0 radical (unpaired) electrons. The number of alkyl halides is 4. The van der Waals surface area contributed by atoms with Crippen LogP contribution in [-0.2, 0) is 16.2 Å². The molecule has 5 rings (SSSR count). The molecule has 2 aliphatic rings. The van der Waals surface area contributed by atoms with Crippen LogP contribution in [0.2, 0.25) is 0 Å². The number of nitrogens with zero attached hydrogens (tertiary/aromatic N) is 2. The third-order valence-corrected chi connectivity index (χ3v) is 8.16. The summed E-state index contributed by atoms with van der Waals surface area (Å²) in [5.74, 6) is -3.77. The van der Waals surface area contributed by atoms with Crippen molar-refractivity contribution in [3.63, 3.8) is 0 Å². The van der Waals surface area contributed by atoms with Crippen molar-refractivity contribution in [1.29, 1.82) is 0 Å². The number of Topliss-reactive ketones (excluding diaryl/α,β-unsaturated/α-hetero) is 1. The summed E-state index contributed by atoms with van der Waals surface area (Å²) in [6, 6.07) is 2.69. The highest BCUT2D eigenvalue weighted by Crippen LogP contribution is 2.36. The molecule has 0 bridgehead atoms. The first-order valence-corrected chi connectivity index (χ1v) is 13.5. The fourth-order valence-corrected chi connectivity index (χ4v) is 5.87. The number of benzene rings is 1. The number of anilines is 1. The highest BCUT2D eigenvalue weighted by molar-refractivity contribution is 7.89. The number of sulfonamides is 1. The van der Waals surface area contributed by atoms with Gasteiger partial charge in [-0.05, 0) is 49.3 Å². The van der Waals surface area contributed by atoms with Crippen LogP contribution in [0, 0.1) is 5.92 Å². The summed E-state index contributed by atoms with van der Waals surface area (Å²) in [6.07, 6.45) is 0.912.